The first kappa shape index (κ1) is 61.4. The van der Waals surface area contributed by atoms with E-state index in [0.717, 1.165) is 106 Å². The van der Waals surface area contributed by atoms with Crippen LogP contribution in [0.3, 0.4) is 0 Å². The van der Waals surface area contributed by atoms with E-state index in [1.165, 1.54) is 23.1 Å². The highest BCUT2D eigenvalue weighted by Crippen LogP contribution is 2.49. The molecule has 0 fully saturated rings. The van der Waals surface area contributed by atoms with E-state index in [4.69, 9.17) is 29.9 Å². The molecule has 0 amide bonds. The van der Waals surface area contributed by atoms with Crippen LogP contribution in [0.4, 0.5) is 47.3 Å². The van der Waals surface area contributed by atoms with E-state index in [0.29, 0.717) is 57.0 Å². The number of benzene rings is 14. The van der Waals surface area contributed by atoms with Gasteiger partial charge in [-0.1, -0.05) is 261 Å². The van der Waals surface area contributed by atoms with Gasteiger partial charge >= 0.3 is 6.18 Å². The number of halogens is 3. The summed E-state index contributed by atoms with van der Waals surface area (Å²) in [6, 6.07) is 116. The highest BCUT2D eigenvalue weighted by atomic mass is 19.4. The maximum absolute atomic E-state index is 15.6. The number of anilines is 6. The van der Waals surface area contributed by atoms with Crippen molar-refractivity contribution in [3.8, 4) is 107 Å². The van der Waals surface area contributed by atoms with Crippen LogP contribution >= 0.6 is 0 Å². The van der Waals surface area contributed by atoms with Crippen molar-refractivity contribution in [2.24, 2.45) is 0 Å². The van der Waals surface area contributed by atoms with Crippen molar-refractivity contribution >= 4 is 79.0 Å². The second-order valence-electron chi connectivity index (χ2n) is 26.1. The number of para-hydroxylation sites is 2. The monoisotopic (exact) mass is 1340 g/mol. The Morgan fingerprint density at radius 2 is 0.615 bits per heavy atom. The van der Waals surface area contributed by atoms with Crippen LogP contribution in [0.5, 0.6) is 0 Å². The Balaban J connectivity index is 0.879. The summed E-state index contributed by atoms with van der Waals surface area (Å²) in [7, 11) is 0. The second-order valence-corrected chi connectivity index (χ2v) is 26.1. The lowest BCUT2D eigenvalue weighted by molar-refractivity contribution is -0.137. The maximum Gasteiger partial charge on any atom is 0.416 e. The molecular weight excluding hydrogens is 1290 g/mol. The quantitative estimate of drug-likeness (QED) is 0.112. The molecule has 14 aromatic carbocycles. The number of nitrogens with zero attached hydrogens (tertiary/aromatic N) is 9. The van der Waals surface area contributed by atoms with E-state index in [2.05, 4.69) is 204 Å². The summed E-state index contributed by atoms with van der Waals surface area (Å²) >= 11 is 0. The van der Waals surface area contributed by atoms with Crippen LogP contribution in [0, 0.1) is 0 Å². The molecule has 0 unspecified atom stereocenters. The fourth-order valence-corrected chi connectivity index (χ4v) is 15.1. The fourth-order valence-electron chi connectivity index (χ4n) is 15.1. The molecule has 9 nitrogen and oxygen atoms in total. The standard InChI is InChI=1S/C91H57BF3N9/c93-91(94,95)69-45-50-78(74(57-69)90-100-87(62-33-17-5-18-34-62)97-88(101-90)63-35-19-6-20-36-63)104-77-47-42-64(51-73(77)72-46-41-67(54-81(72)104)89-98-85(60-29-13-3-14-30-60)96-86(99-89)61-31-15-4-16-32-61)68-55-82-84-83(56-68)103(71-39-23-8-24-40-71)80-49-44-66(59-27-11-2-12-28-59)53-76(80)92(84)75-52-65(58-25-9-1-10-26-58)43-48-79(75)102(82)70-37-21-7-22-38-70/h1-57H. The third-order valence-electron chi connectivity index (χ3n) is 19.9. The van der Waals surface area contributed by atoms with Crippen LogP contribution in [0.1, 0.15) is 5.56 Å². The molecule has 2 aliphatic rings. The fraction of sp³-hybridized carbons (Fsp3) is 0.0110. The van der Waals surface area contributed by atoms with E-state index in [9.17, 15) is 0 Å². The molecule has 0 bridgehead atoms. The van der Waals surface area contributed by atoms with Gasteiger partial charge in [0, 0.05) is 78.3 Å². The summed E-state index contributed by atoms with van der Waals surface area (Å²) in [4.78, 5) is 35.4. The molecule has 0 saturated carbocycles. The molecule has 0 N–H and O–H groups in total. The summed E-state index contributed by atoms with van der Waals surface area (Å²) in [5, 5.41) is 1.66. The summed E-state index contributed by atoms with van der Waals surface area (Å²) in [6.07, 6.45) is -4.74. The Morgan fingerprint density at radius 3 is 1.05 bits per heavy atom. The van der Waals surface area contributed by atoms with Gasteiger partial charge in [-0.2, -0.15) is 13.2 Å². The molecule has 0 aliphatic carbocycles. The Morgan fingerprint density at radius 1 is 0.250 bits per heavy atom. The minimum atomic E-state index is -4.74. The van der Waals surface area contributed by atoms with Crippen molar-refractivity contribution in [3.05, 3.63) is 351 Å². The number of fused-ring (bicyclic) bond motifs is 7. The molecule has 0 saturated heterocycles. The van der Waals surface area contributed by atoms with Gasteiger partial charge in [0.1, 0.15) is 0 Å². The van der Waals surface area contributed by atoms with Gasteiger partial charge in [0.2, 0.25) is 0 Å². The van der Waals surface area contributed by atoms with Gasteiger partial charge in [0.05, 0.1) is 22.3 Å². The normalized spacial score (nSPS) is 12.3. The van der Waals surface area contributed by atoms with E-state index in [-0.39, 0.29) is 18.1 Å². The lowest BCUT2D eigenvalue weighted by atomic mass is 9.33. The van der Waals surface area contributed by atoms with Gasteiger partial charge in [-0.15, -0.1) is 0 Å². The Labute approximate surface area is 598 Å². The smallest absolute Gasteiger partial charge is 0.311 e. The number of hydrogen-bond acceptors (Lipinski definition) is 8. The molecule has 0 radical (unpaired) electrons. The molecule has 0 spiro atoms. The van der Waals surface area contributed by atoms with Crippen molar-refractivity contribution in [2.75, 3.05) is 9.80 Å². The molecule has 5 heterocycles. The predicted molar refractivity (Wildman–Crippen MR) is 415 cm³/mol. The molecule has 3 aromatic heterocycles. The van der Waals surface area contributed by atoms with Crippen LogP contribution in [-0.2, 0) is 6.18 Å². The summed E-state index contributed by atoms with van der Waals surface area (Å²) in [5.41, 5.74) is 20.8. The Bertz CT molecular complexity index is 5880. The largest absolute Gasteiger partial charge is 0.416 e. The number of rotatable bonds is 12. The first-order valence-electron chi connectivity index (χ1n) is 34.5. The van der Waals surface area contributed by atoms with Crippen molar-refractivity contribution in [1.29, 1.82) is 0 Å². The van der Waals surface area contributed by atoms with Crippen LogP contribution in [0.2, 0.25) is 0 Å². The maximum atomic E-state index is 15.6. The van der Waals surface area contributed by atoms with Crippen molar-refractivity contribution in [2.45, 2.75) is 6.18 Å². The molecule has 17 aromatic rings. The first-order valence-corrected chi connectivity index (χ1v) is 34.5. The number of alkyl halides is 3. The lowest BCUT2D eigenvalue weighted by Gasteiger charge is -2.44. The van der Waals surface area contributed by atoms with Gasteiger partial charge in [-0.25, -0.2) is 29.9 Å². The summed E-state index contributed by atoms with van der Waals surface area (Å²) in [5.74, 6) is 2.04. The van der Waals surface area contributed by atoms with Crippen molar-refractivity contribution in [3.63, 3.8) is 0 Å². The van der Waals surface area contributed by atoms with Gasteiger partial charge in [0.25, 0.3) is 6.71 Å². The van der Waals surface area contributed by atoms with E-state index in [1.807, 2.05) is 138 Å². The molecule has 490 valence electrons. The summed E-state index contributed by atoms with van der Waals surface area (Å²) < 4.78 is 48.7. The number of hydrogen-bond donors (Lipinski definition) is 0. The minimum Gasteiger partial charge on any atom is -0.311 e. The second kappa shape index (κ2) is 25.2. The van der Waals surface area contributed by atoms with Crippen LogP contribution in [-0.4, -0.2) is 41.2 Å². The van der Waals surface area contributed by atoms with E-state index < -0.39 is 11.7 Å². The van der Waals surface area contributed by atoms with Crippen LogP contribution < -0.4 is 26.2 Å². The van der Waals surface area contributed by atoms with Gasteiger partial charge in [0.15, 0.2) is 34.9 Å². The lowest BCUT2D eigenvalue weighted by Crippen LogP contribution is -2.61. The van der Waals surface area contributed by atoms with Gasteiger partial charge in [-0.05, 0) is 135 Å². The van der Waals surface area contributed by atoms with Crippen molar-refractivity contribution in [1.82, 2.24) is 34.5 Å². The van der Waals surface area contributed by atoms with E-state index in [1.54, 1.807) is 0 Å². The first-order chi connectivity index (χ1) is 51.2. The average Bonchev–Trinajstić information content (AvgIpc) is 0.810. The SMILES string of the molecule is FC(F)(F)c1ccc(-n2c3ccc(-c4cc5c6c(c4)N(c4ccccc4)c4ccc(-c7ccccc7)cc4B6c4cc(-c6ccccc6)ccc4N5c4ccccc4)cc3c3ccc(-c4nc(-c5ccccc5)nc(-c5ccccc5)n4)cc32)c(-c2nc(-c3ccccc3)nc(-c3ccccc3)n2)c1. The van der Waals surface area contributed by atoms with Crippen LogP contribution in [0.15, 0.2) is 346 Å². The van der Waals surface area contributed by atoms with E-state index >= 15 is 13.2 Å². The average molecular weight is 1340 g/mol. The summed E-state index contributed by atoms with van der Waals surface area (Å²) in [6.45, 7) is -0.215. The topological polar surface area (TPSA) is 88.8 Å². The van der Waals surface area contributed by atoms with Crippen LogP contribution in [0.25, 0.3) is 129 Å². The molecule has 19 rings (SSSR count). The molecule has 104 heavy (non-hydrogen) atoms. The molecular formula is C91H57BF3N9. The third kappa shape index (κ3) is 10.8. The molecule has 0 atom stereocenters. The Kier molecular flexibility index (Phi) is 14.9. The van der Waals surface area contributed by atoms with Crippen molar-refractivity contribution < 1.29 is 13.2 Å². The third-order valence-corrected chi connectivity index (χ3v) is 19.9. The minimum absolute atomic E-state index is 0.0575. The highest BCUT2D eigenvalue weighted by molar-refractivity contribution is 7.00. The van der Waals surface area contributed by atoms with Gasteiger partial charge < -0.3 is 14.4 Å². The Hall–Kier alpha value is -13.6. The zero-order valence-corrected chi connectivity index (χ0v) is 55.6. The molecule has 2 aliphatic heterocycles. The predicted octanol–water partition coefficient (Wildman–Crippen LogP) is 21.3. The van der Waals surface area contributed by atoms with Gasteiger partial charge in [-0.3, -0.25) is 0 Å². The number of aromatic nitrogens is 7. The molecule has 13 heteroatoms. The zero-order chi connectivity index (χ0) is 69.4. The highest BCUT2D eigenvalue weighted by Gasteiger charge is 2.44. The zero-order valence-electron chi connectivity index (χ0n) is 55.6.